The molecule has 0 aliphatic carbocycles. The van der Waals surface area contributed by atoms with Crippen LogP contribution in [0.15, 0.2) is 10.2 Å². The van der Waals surface area contributed by atoms with E-state index in [0.717, 1.165) is 19.3 Å². The molecule has 0 aromatic heterocycles. The molecule has 44 heavy (non-hydrogen) atoms. The van der Waals surface area contributed by atoms with E-state index >= 15 is 0 Å². The van der Waals surface area contributed by atoms with Gasteiger partial charge in [0.15, 0.2) is 25.0 Å². The van der Waals surface area contributed by atoms with Crippen molar-refractivity contribution in [2.24, 2.45) is 0 Å². The van der Waals surface area contributed by atoms with Crippen molar-refractivity contribution in [3.63, 3.8) is 0 Å². The first-order valence-corrected chi connectivity index (χ1v) is 26.3. The molecule has 1 rings (SSSR count). The first-order valence-electron chi connectivity index (χ1n) is 16.3. The summed E-state index contributed by atoms with van der Waals surface area (Å²) >= 11 is 2.27. The number of ether oxygens (including phenoxy) is 3. The summed E-state index contributed by atoms with van der Waals surface area (Å²) in [5.41, 5.74) is 0. The lowest BCUT2D eigenvalue weighted by molar-refractivity contribution is -0.168. The lowest BCUT2D eigenvalue weighted by Gasteiger charge is -2.51. The molecule has 0 spiro atoms. The van der Waals surface area contributed by atoms with Gasteiger partial charge in [0.1, 0.15) is 12.2 Å². The zero-order valence-corrected chi connectivity index (χ0v) is 36.3. The average molecular weight is 787 g/mol. The highest BCUT2D eigenvalue weighted by Crippen LogP contribution is 2.44. The predicted octanol–water partition coefficient (Wildman–Crippen LogP) is 9.62. The fourth-order valence-electron chi connectivity index (χ4n) is 4.56. The molecular weight excluding hydrogens is 720 g/mol. The second kappa shape index (κ2) is 16.2. The third-order valence-electron chi connectivity index (χ3n) is 10.6. The molecule has 11 heteroatoms. The Kier molecular flexibility index (Phi) is 15.6. The van der Waals surface area contributed by atoms with Crippen molar-refractivity contribution in [3.8, 4) is 0 Å². The molecule has 0 saturated carbocycles. The smallest absolute Gasteiger partial charge is 0.308 e. The molecular formula is C33H67IO7Si3. The van der Waals surface area contributed by atoms with E-state index in [4.69, 9.17) is 27.5 Å². The maximum atomic E-state index is 12.3. The zero-order valence-electron chi connectivity index (χ0n) is 31.2. The van der Waals surface area contributed by atoms with Gasteiger partial charge in [0.2, 0.25) is 0 Å². The Bertz CT molecular complexity index is 935. The first-order chi connectivity index (χ1) is 19.7. The predicted molar refractivity (Wildman–Crippen MR) is 199 cm³/mol. The Hall–Kier alpha value is 0.391. The van der Waals surface area contributed by atoms with E-state index in [2.05, 4.69) is 130 Å². The summed E-state index contributed by atoms with van der Waals surface area (Å²) in [4.78, 5) is 12.3. The number of hydrogen-bond acceptors (Lipinski definition) is 7. The maximum absolute atomic E-state index is 12.3. The number of rotatable bonds is 14. The van der Waals surface area contributed by atoms with Crippen LogP contribution < -0.4 is 0 Å². The molecule has 260 valence electrons. The monoisotopic (exact) mass is 786 g/mol. The summed E-state index contributed by atoms with van der Waals surface area (Å²) in [6, 6.07) is 0. The number of esters is 1. The van der Waals surface area contributed by atoms with Gasteiger partial charge in [-0.1, -0.05) is 84.9 Å². The van der Waals surface area contributed by atoms with Crippen LogP contribution in [0.1, 0.15) is 88.0 Å². The van der Waals surface area contributed by atoms with Crippen molar-refractivity contribution in [3.05, 3.63) is 10.2 Å². The molecule has 0 radical (unpaired) electrons. The van der Waals surface area contributed by atoms with E-state index in [-0.39, 0.29) is 45.8 Å². The Morgan fingerprint density at radius 2 is 1.27 bits per heavy atom. The van der Waals surface area contributed by atoms with Gasteiger partial charge in [-0.2, -0.15) is 0 Å². The molecule has 1 saturated heterocycles. The molecule has 6 atom stereocenters. The zero-order chi connectivity index (χ0) is 34.5. The van der Waals surface area contributed by atoms with Crippen molar-refractivity contribution < 1.29 is 32.3 Å². The highest BCUT2D eigenvalue weighted by molar-refractivity contribution is 14.1. The second-order valence-electron chi connectivity index (χ2n) is 17.1. The number of halogens is 1. The van der Waals surface area contributed by atoms with Crippen LogP contribution in [0.3, 0.4) is 0 Å². The summed E-state index contributed by atoms with van der Waals surface area (Å²) in [5, 5.41) is -0.0571. The third-order valence-corrected chi connectivity index (χ3v) is 24.4. The molecule has 1 fully saturated rings. The topological polar surface area (TPSA) is 72.5 Å². The van der Waals surface area contributed by atoms with E-state index in [0.29, 0.717) is 0 Å². The van der Waals surface area contributed by atoms with Crippen LogP contribution in [-0.2, 0) is 32.3 Å². The molecule has 0 N–H and O–H groups in total. The number of methoxy groups -OCH3 is 2. The van der Waals surface area contributed by atoms with Crippen molar-refractivity contribution in [1.82, 2.24) is 0 Å². The van der Waals surface area contributed by atoms with Crippen LogP contribution in [0.4, 0.5) is 0 Å². The number of carbonyl (C=O) groups excluding carboxylic acids is 1. The molecule has 1 heterocycles. The van der Waals surface area contributed by atoms with E-state index in [1.54, 1.807) is 7.11 Å². The fraction of sp³-hybridized carbons (Fsp3) is 0.909. The van der Waals surface area contributed by atoms with E-state index in [1.807, 2.05) is 4.08 Å². The normalized spacial score (nSPS) is 22.5. The van der Waals surface area contributed by atoms with Crippen molar-refractivity contribution >= 4 is 53.5 Å². The maximum Gasteiger partial charge on any atom is 0.308 e. The molecule has 0 amide bonds. The molecule has 0 aromatic rings. The van der Waals surface area contributed by atoms with Gasteiger partial charge in [0, 0.05) is 7.11 Å². The Morgan fingerprint density at radius 3 is 1.70 bits per heavy atom. The van der Waals surface area contributed by atoms with Gasteiger partial charge < -0.3 is 27.5 Å². The van der Waals surface area contributed by atoms with Crippen molar-refractivity contribution in [2.75, 3.05) is 14.2 Å². The second-order valence-corrected chi connectivity index (χ2v) is 32.0. The van der Waals surface area contributed by atoms with Gasteiger partial charge in [-0.3, -0.25) is 4.79 Å². The lowest BCUT2D eigenvalue weighted by atomic mass is 9.93. The highest BCUT2D eigenvalue weighted by atomic mass is 127. The largest absolute Gasteiger partial charge is 0.469 e. The number of hydrogen-bond donors (Lipinski definition) is 0. The SMILES string of the molecule is COC(=O)C[C@H]1CCC[C@@H](C(O[Si](C)(C)C(C)(C)C)C(O[Si](C)(C)C(C)(C)C)[C@@H](OC)C(/C=C/I)O[Si](C)(C)C(C)(C)C)O1. The minimum atomic E-state index is -2.35. The van der Waals surface area contributed by atoms with Crippen LogP contribution >= 0.6 is 22.6 Å². The molecule has 0 bridgehead atoms. The minimum Gasteiger partial charge on any atom is -0.469 e. The van der Waals surface area contributed by atoms with E-state index < -0.39 is 43.3 Å². The van der Waals surface area contributed by atoms with Crippen molar-refractivity contribution in [2.45, 2.75) is 179 Å². The Morgan fingerprint density at radius 1 is 0.795 bits per heavy atom. The average Bonchev–Trinajstić information content (AvgIpc) is 2.85. The van der Waals surface area contributed by atoms with Gasteiger partial charge in [0.05, 0.1) is 37.9 Å². The van der Waals surface area contributed by atoms with Crippen LogP contribution in [0.5, 0.6) is 0 Å². The van der Waals surface area contributed by atoms with Gasteiger partial charge in [0.25, 0.3) is 0 Å². The highest BCUT2D eigenvalue weighted by Gasteiger charge is 2.52. The molecule has 1 aliphatic rings. The van der Waals surface area contributed by atoms with Crippen molar-refractivity contribution in [1.29, 1.82) is 0 Å². The Balaban J connectivity index is 3.91. The molecule has 3 unspecified atom stereocenters. The third kappa shape index (κ3) is 11.5. The number of carbonyl (C=O) groups is 1. The molecule has 1 aliphatic heterocycles. The van der Waals surface area contributed by atoms with Gasteiger partial charge in [-0.25, -0.2) is 0 Å². The van der Waals surface area contributed by atoms with Crippen LogP contribution in [0.2, 0.25) is 54.4 Å². The van der Waals surface area contributed by atoms with E-state index in [1.165, 1.54) is 7.11 Å². The lowest BCUT2D eigenvalue weighted by Crippen LogP contribution is -2.62. The summed E-state index contributed by atoms with van der Waals surface area (Å²) < 4.78 is 42.2. The summed E-state index contributed by atoms with van der Waals surface area (Å²) in [5.74, 6) is -0.253. The summed E-state index contributed by atoms with van der Waals surface area (Å²) in [6.45, 7) is 34.1. The molecule has 0 aromatic carbocycles. The quantitative estimate of drug-likeness (QED) is 0.0987. The standard InChI is InChI=1S/C33H67IO7Si3/c1-31(2,3)42(12,13)39-26(21-22-34)28(37-11)30(41-44(16,17)33(7,8)9)29(40-43(14,15)32(4,5)6)25-20-18-19-24(38-25)23-27(35)36-10/h21-22,24-26,28-30H,18-20,23H2,1-17H3/b22-21+/t24-,25+,26?,28+,29?,30?/m1/s1. The summed E-state index contributed by atoms with van der Waals surface area (Å²) in [6.07, 6.45) is 2.77. The van der Waals surface area contributed by atoms with Crippen LogP contribution in [-0.4, -0.2) is 81.8 Å². The summed E-state index contributed by atoms with van der Waals surface area (Å²) in [7, 11) is -3.69. The van der Waals surface area contributed by atoms with Gasteiger partial charge in [-0.05, 0) is 83.8 Å². The Labute approximate surface area is 287 Å². The molecule has 7 nitrogen and oxygen atoms in total. The van der Waals surface area contributed by atoms with Crippen LogP contribution in [0, 0.1) is 0 Å². The van der Waals surface area contributed by atoms with Gasteiger partial charge >= 0.3 is 5.97 Å². The van der Waals surface area contributed by atoms with Gasteiger partial charge in [-0.15, -0.1) is 0 Å². The van der Waals surface area contributed by atoms with Crippen LogP contribution in [0.25, 0.3) is 0 Å². The van der Waals surface area contributed by atoms with E-state index in [9.17, 15) is 4.79 Å². The first kappa shape index (κ1) is 42.4. The fourth-order valence-corrected chi connectivity index (χ4v) is 8.84. The minimum absolute atomic E-state index is 0.0169.